The Kier molecular flexibility index (Phi) is 4.20. The molecule has 0 amide bonds. The van der Waals surface area contributed by atoms with Crippen molar-refractivity contribution in [3.8, 4) is 5.69 Å². The maximum Gasteiger partial charge on any atom is 0.433 e. The number of anilines is 1. The largest absolute Gasteiger partial charge is 0.433 e. The van der Waals surface area contributed by atoms with Crippen molar-refractivity contribution in [2.75, 3.05) is 19.0 Å². The Morgan fingerprint density at radius 1 is 1.12 bits per heavy atom. The molecule has 2 aromatic heterocycles. The van der Waals surface area contributed by atoms with Crippen LogP contribution in [0.4, 0.5) is 18.9 Å². The average molecular weight is 368 g/mol. The highest BCUT2D eigenvalue weighted by molar-refractivity contribution is 6.32. The van der Waals surface area contributed by atoms with Gasteiger partial charge in [-0.3, -0.25) is 9.36 Å². The average Bonchev–Trinajstić information content (AvgIpc) is 2.53. The second kappa shape index (κ2) is 6.07. The van der Waals surface area contributed by atoms with Crippen LogP contribution in [0.15, 0.2) is 47.3 Å². The van der Waals surface area contributed by atoms with Crippen LogP contribution in [0.1, 0.15) is 5.69 Å². The molecular formula is C17H13ClF3N3O. The van der Waals surface area contributed by atoms with Gasteiger partial charge in [0.1, 0.15) is 11.3 Å². The topological polar surface area (TPSA) is 38.1 Å². The molecule has 0 N–H and O–H groups in total. The summed E-state index contributed by atoms with van der Waals surface area (Å²) < 4.78 is 40.4. The Bertz CT molecular complexity index is 1010. The smallest absolute Gasteiger partial charge is 0.377 e. The number of alkyl halides is 3. The second-order valence-electron chi connectivity index (χ2n) is 5.61. The lowest BCUT2D eigenvalue weighted by Gasteiger charge is -2.19. The molecule has 0 fully saturated rings. The maximum absolute atomic E-state index is 13.1. The van der Waals surface area contributed by atoms with E-state index in [-0.39, 0.29) is 16.4 Å². The van der Waals surface area contributed by atoms with Gasteiger partial charge in [-0.1, -0.05) is 23.7 Å². The highest BCUT2D eigenvalue weighted by Crippen LogP contribution is 2.32. The van der Waals surface area contributed by atoms with Gasteiger partial charge in [-0.25, -0.2) is 4.98 Å². The SMILES string of the molecule is CN(C)c1cc(=O)n(-c2ccccc2Cl)c2nc(C(F)(F)F)ccc12. The Balaban J connectivity index is 2.48. The number of hydrogen-bond donors (Lipinski definition) is 0. The molecule has 0 spiro atoms. The second-order valence-corrected chi connectivity index (χ2v) is 6.02. The van der Waals surface area contributed by atoms with E-state index in [1.807, 2.05) is 0 Å². The first-order chi connectivity index (χ1) is 11.7. The molecule has 4 nitrogen and oxygen atoms in total. The third-order valence-corrected chi connectivity index (χ3v) is 4.03. The molecule has 0 aliphatic rings. The zero-order chi connectivity index (χ0) is 18.4. The fraction of sp³-hybridized carbons (Fsp3) is 0.176. The van der Waals surface area contributed by atoms with Gasteiger partial charge in [-0.05, 0) is 24.3 Å². The Labute approximate surface area is 146 Å². The number of pyridine rings is 2. The Morgan fingerprint density at radius 3 is 2.40 bits per heavy atom. The van der Waals surface area contributed by atoms with E-state index in [0.29, 0.717) is 11.1 Å². The molecule has 0 unspecified atom stereocenters. The molecule has 3 rings (SSSR count). The van der Waals surface area contributed by atoms with E-state index in [2.05, 4.69) is 4.98 Å². The van der Waals surface area contributed by atoms with Crippen LogP contribution in [-0.2, 0) is 6.18 Å². The third-order valence-electron chi connectivity index (χ3n) is 3.71. The summed E-state index contributed by atoms with van der Waals surface area (Å²) in [7, 11) is 3.40. The van der Waals surface area contributed by atoms with Gasteiger partial charge >= 0.3 is 6.18 Å². The van der Waals surface area contributed by atoms with Crippen molar-refractivity contribution in [1.82, 2.24) is 9.55 Å². The minimum Gasteiger partial charge on any atom is -0.377 e. The number of hydrogen-bond acceptors (Lipinski definition) is 3. The highest BCUT2D eigenvalue weighted by atomic mass is 35.5. The van der Waals surface area contributed by atoms with Crippen molar-refractivity contribution in [1.29, 1.82) is 0 Å². The molecule has 0 saturated heterocycles. The number of aromatic nitrogens is 2. The summed E-state index contributed by atoms with van der Waals surface area (Å²) in [6.45, 7) is 0. The Hall–Kier alpha value is -2.54. The molecule has 0 atom stereocenters. The monoisotopic (exact) mass is 367 g/mol. The predicted molar refractivity (Wildman–Crippen MR) is 91.7 cm³/mol. The van der Waals surface area contributed by atoms with Crippen LogP contribution in [0.3, 0.4) is 0 Å². The molecule has 25 heavy (non-hydrogen) atoms. The molecule has 8 heteroatoms. The zero-order valence-corrected chi connectivity index (χ0v) is 14.1. The number of para-hydroxylation sites is 1. The molecule has 0 bridgehead atoms. The van der Waals surface area contributed by atoms with Crippen LogP contribution >= 0.6 is 11.6 Å². The molecule has 1 aromatic carbocycles. The lowest BCUT2D eigenvalue weighted by atomic mass is 10.2. The van der Waals surface area contributed by atoms with Gasteiger partial charge in [-0.2, -0.15) is 13.2 Å². The van der Waals surface area contributed by atoms with E-state index in [1.165, 1.54) is 12.1 Å². The molecule has 0 radical (unpaired) electrons. The first-order valence-corrected chi connectivity index (χ1v) is 7.64. The normalized spacial score (nSPS) is 11.8. The van der Waals surface area contributed by atoms with Gasteiger partial charge in [0.05, 0.1) is 16.4 Å². The van der Waals surface area contributed by atoms with Gasteiger partial charge in [0.15, 0.2) is 0 Å². The van der Waals surface area contributed by atoms with Crippen molar-refractivity contribution < 1.29 is 13.2 Å². The number of halogens is 4. The standard InChI is InChI=1S/C17H13ClF3N3O/c1-23(2)13-9-15(25)24(12-6-4-3-5-11(12)18)16-10(13)7-8-14(22-16)17(19,20)21/h3-9H,1-2H3. The van der Waals surface area contributed by atoms with E-state index in [1.54, 1.807) is 43.3 Å². The summed E-state index contributed by atoms with van der Waals surface area (Å²) in [5, 5.41) is 0.653. The van der Waals surface area contributed by atoms with E-state index in [0.717, 1.165) is 10.6 Å². The lowest BCUT2D eigenvalue weighted by molar-refractivity contribution is -0.141. The molecule has 0 aliphatic carbocycles. The summed E-state index contributed by atoms with van der Waals surface area (Å²) in [5.41, 5.74) is -0.938. The van der Waals surface area contributed by atoms with Crippen LogP contribution in [0.2, 0.25) is 5.02 Å². The van der Waals surface area contributed by atoms with Crippen LogP contribution in [0.5, 0.6) is 0 Å². The fourth-order valence-corrected chi connectivity index (χ4v) is 2.80. The van der Waals surface area contributed by atoms with E-state index in [4.69, 9.17) is 11.6 Å². The van der Waals surface area contributed by atoms with Gasteiger partial charge in [0, 0.05) is 25.5 Å². The van der Waals surface area contributed by atoms with E-state index >= 15 is 0 Å². The van der Waals surface area contributed by atoms with E-state index < -0.39 is 17.4 Å². The quantitative estimate of drug-likeness (QED) is 0.683. The van der Waals surface area contributed by atoms with Crippen LogP contribution in [0, 0.1) is 0 Å². The van der Waals surface area contributed by atoms with Crippen LogP contribution < -0.4 is 10.5 Å². The Morgan fingerprint density at radius 2 is 1.80 bits per heavy atom. The van der Waals surface area contributed by atoms with Gasteiger partial charge in [0.25, 0.3) is 5.56 Å². The summed E-state index contributed by atoms with van der Waals surface area (Å²) in [6, 6.07) is 9.99. The minimum atomic E-state index is -4.62. The minimum absolute atomic E-state index is 0.0980. The first-order valence-electron chi connectivity index (χ1n) is 7.26. The third kappa shape index (κ3) is 3.07. The first kappa shape index (κ1) is 17.3. The van der Waals surface area contributed by atoms with Gasteiger partial charge in [0.2, 0.25) is 0 Å². The number of rotatable bonds is 2. The van der Waals surface area contributed by atoms with Crippen molar-refractivity contribution in [3.63, 3.8) is 0 Å². The molecule has 0 aliphatic heterocycles. The fourth-order valence-electron chi connectivity index (χ4n) is 2.58. The zero-order valence-electron chi connectivity index (χ0n) is 13.3. The van der Waals surface area contributed by atoms with Crippen LogP contribution in [0.25, 0.3) is 16.7 Å². The van der Waals surface area contributed by atoms with Gasteiger partial charge < -0.3 is 4.90 Å². The summed E-state index contributed by atoms with van der Waals surface area (Å²) in [5.74, 6) is 0. The summed E-state index contributed by atoms with van der Waals surface area (Å²) in [4.78, 5) is 18.0. The maximum atomic E-state index is 13.1. The molecule has 130 valence electrons. The highest BCUT2D eigenvalue weighted by Gasteiger charge is 2.33. The number of fused-ring (bicyclic) bond motifs is 1. The van der Waals surface area contributed by atoms with Gasteiger partial charge in [-0.15, -0.1) is 0 Å². The summed E-state index contributed by atoms with van der Waals surface area (Å²) >= 11 is 6.14. The number of nitrogens with zero attached hydrogens (tertiary/aromatic N) is 3. The molecular weight excluding hydrogens is 355 g/mol. The number of benzene rings is 1. The van der Waals surface area contributed by atoms with E-state index in [9.17, 15) is 18.0 Å². The molecule has 3 aromatic rings. The van der Waals surface area contributed by atoms with Crippen LogP contribution in [-0.4, -0.2) is 23.6 Å². The lowest BCUT2D eigenvalue weighted by Crippen LogP contribution is -2.23. The van der Waals surface area contributed by atoms with Crippen molar-refractivity contribution in [2.45, 2.75) is 6.18 Å². The molecule has 0 saturated carbocycles. The molecule has 2 heterocycles. The predicted octanol–water partition coefficient (Wildman–Crippen LogP) is 4.12. The van der Waals surface area contributed by atoms with Crippen molar-refractivity contribution >= 4 is 28.3 Å². The summed E-state index contributed by atoms with van der Waals surface area (Å²) in [6.07, 6.45) is -4.62. The van der Waals surface area contributed by atoms with Crippen molar-refractivity contribution in [3.05, 3.63) is 63.5 Å². The van der Waals surface area contributed by atoms with Crippen molar-refractivity contribution in [2.24, 2.45) is 0 Å².